The molecule has 2 saturated carbocycles. The summed E-state index contributed by atoms with van der Waals surface area (Å²) in [5.41, 5.74) is -0.800. The molecule has 7 nitrogen and oxygen atoms in total. The maximum absolute atomic E-state index is 14.5. The van der Waals surface area contributed by atoms with Crippen molar-refractivity contribution >= 4 is 23.7 Å². The molecule has 2 atom stereocenters. The first-order chi connectivity index (χ1) is 16.7. The highest BCUT2D eigenvalue weighted by molar-refractivity contribution is 5.84. The Morgan fingerprint density at radius 1 is 1.17 bits per heavy atom. The first kappa shape index (κ1) is 25.2. The van der Waals surface area contributed by atoms with Crippen LogP contribution in [0.5, 0.6) is 0 Å². The van der Waals surface area contributed by atoms with Crippen molar-refractivity contribution in [3.63, 3.8) is 0 Å². The summed E-state index contributed by atoms with van der Waals surface area (Å²) >= 11 is 0. The fourth-order valence-electron chi connectivity index (χ4n) is 5.35. The van der Waals surface area contributed by atoms with E-state index in [4.69, 9.17) is 5.41 Å². The topological polar surface area (TPSA) is 98.0 Å². The summed E-state index contributed by atoms with van der Waals surface area (Å²) in [5.74, 6) is -0.0188. The number of imidazole rings is 1. The Bertz CT molecular complexity index is 1050. The van der Waals surface area contributed by atoms with Crippen molar-refractivity contribution in [2.75, 3.05) is 10.6 Å². The van der Waals surface area contributed by atoms with Crippen molar-refractivity contribution < 1.29 is 13.9 Å². The number of halogens is 2. The second-order valence-electron chi connectivity index (χ2n) is 10.3. The van der Waals surface area contributed by atoms with Crippen molar-refractivity contribution in [1.82, 2.24) is 14.9 Å². The van der Waals surface area contributed by atoms with Crippen LogP contribution in [0.15, 0.2) is 30.6 Å². The van der Waals surface area contributed by atoms with Crippen LogP contribution in [-0.2, 0) is 0 Å². The van der Waals surface area contributed by atoms with Crippen LogP contribution < -0.4 is 16.0 Å². The Kier molecular flexibility index (Phi) is 7.44. The predicted octanol–water partition coefficient (Wildman–Crippen LogP) is 5.82. The zero-order valence-corrected chi connectivity index (χ0v) is 20.5. The molecule has 5 N–H and O–H groups in total. The molecule has 0 saturated heterocycles. The normalized spacial score (nSPS) is 21.1. The summed E-state index contributed by atoms with van der Waals surface area (Å²) in [7, 11) is 0. The zero-order chi connectivity index (χ0) is 25.2. The molecule has 4 rings (SSSR count). The van der Waals surface area contributed by atoms with E-state index in [-0.39, 0.29) is 23.6 Å². The number of para-hydroxylation sites is 1. The van der Waals surface area contributed by atoms with Crippen LogP contribution in [0.4, 0.5) is 26.2 Å². The first-order valence-electron chi connectivity index (χ1n) is 12.5. The van der Waals surface area contributed by atoms with E-state index in [0.29, 0.717) is 29.8 Å². The number of benzene rings is 1. The molecule has 2 aliphatic rings. The largest absolute Gasteiger partial charge is 0.390 e. The van der Waals surface area contributed by atoms with Gasteiger partial charge in [-0.2, -0.15) is 0 Å². The average molecular weight is 487 g/mol. The Labute approximate surface area is 205 Å². The molecular weight excluding hydrogens is 450 g/mol. The van der Waals surface area contributed by atoms with Gasteiger partial charge in [0, 0.05) is 18.3 Å². The lowest BCUT2D eigenvalue weighted by Gasteiger charge is -2.27. The van der Waals surface area contributed by atoms with Gasteiger partial charge in [-0.05, 0) is 64.0 Å². The standard InChI is InChI=1S/C26H36F2N6O/c1-16(30-18-8-5-4-6-9-18)31-24-22(15-29)32-25(33-23-20(27)10-7-11-21(23)28)34(24)19-13-12-17(14-19)26(2,3)35/h7,10-11,15,17-19,29-31,35H,1,4-6,8-9,12-14H2,2-3H3,(H,32,33)/t17-,19?/m1/s1. The third kappa shape index (κ3) is 5.66. The second kappa shape index (κ2) is 10.4. The van der Waals surface area contributed by atoms with E-state index < -0.39 is 17.2 Å². The molecular formula is C26H36F2N6O. The molecule has 2 aromatic rings. The van der Waals surface area contributed by atoms with E-state index in [9.17, 15) is 13.9 Å². The van der Waals surface area contributed by atoms with Crippen molar-refractivity contribution in [3.05, 3.63) is 47.9 Å². The number of hydrogen-bond donors (Lipinski definition) is 5. The third-order valence-electron chi connectivity index (χ3n) is 7.30. The lowest BCUT2D eigenvalue weighted by Crippen LogP contribution is -2.33. The van der Waals surface area contributed by atoms with Gasteiger partial charge in [-0.3, -0.25) is 4.57 Å². The van der Waals surface area contributed by atoms with Crippen molar-refractivity contribution in [1.29, 1.82) is 5.41 Å². The molecule has 2 fully saturated rings. The van der Waals surface area contributed by atoms with Crippen LogP contribution in [0, 0.1) is 23.0 Å². The van der Waals surface area contributed by atoms with Crippen molar-refractivity contribution in [3.8, 4) is 0 Å². The van der Waals surface area contributed by atoms with E-state index in [2.05, 4.69) is 27.5 Å². The molecule has 190 valence electrons. The van der Waals surface area contributed by atoms with Crippen LogP contribution in [0.2, 0.25) is 0 Å². The van der Waals surface area contributed by atoms with Gasteiger partial charge in [0.2, 0.25) is 5.95 Å². The number of aliphatic hydroxyl groups is 1. The zero-order valence-electron chi connectivity index (χ0n) is 20.5. The van der Waals surface area contributed by atoms with Crippen LogP contribution in [0.3, 0.4) is 0 Å². The Balaban J connectivity index is 1.68. The lowest BCUT2D eigenvalue weighted by molar-refractivity contribution is 0.0186. The number of anilines is 3. The number of aromatic nitrogens is 2. The number of nitrogens with zero attached hydrogens (tertiary/aromatic N) is 2. The van der Waals surface area contributed by atoms with Crippen molar-refractivity contribution in [2.45, 2.75) is 82.9 Å². The monoisotopic (exact) mass is 486 g/mol. The number of hydrogen-bond acceptors (Lipinski definition) is 6. The van der Waals surface area contributed by atoms with Gasteiger partial charge in [0.25, 0.3) is 0 Å². The Hall–Kier alpha value is -2.94. The summed E-state index contributed by atoms with van der Waals surface area (Å²) in [6, 6.07) is 3.93. The summed E-state index contributed by atoms with van der Waals surface area (Å²) in [5, 5.41) is 28.1. The summed E-state index contributed by atoms with van der Waals surface area (Å²) in [4.78, 5) is 4.52. The van der Waals surface area contributed by atoms with Crippen LogP contribution in [0.1, 0.15) is 76.9 Å². The fourth-order valence-corrected chi connectivity index (χ4v) is 5.35. The van der Waals surface area contributed by atoms with Gasteiger partial charge in [0.15, 0.2) is 0 Å². The minimum absolute atomic E-state index is 0.0628. The molecule has 1 aromatic heterocycles. The minimum atomic E-state index is -0.843. The predicted molar refractivity (Wildman–Crippen MR) is 135 cm³/mol. The Morgan fingerprint density at radius 3 is 2.46 bits per heavy atom. The highest BCUT2D eigenvalue weighted by Crippen LogP contribution is 2.44. The van der Waals surface area contributed by atoms with Gasteiger partial charge in [0.1, 0.15) is 28.8 Å². The molecule has 1 aromatic carbocycles. The lowest BCUT2D eigenvalue weighted by atomic mass is 9.89. The van der Waals surface area contributed by atoms with E-state index in [1.54, 1.807) is 13.8 Å². The molecule has 0 amide bonds. The molecule has 1 heterocycles. The van der Waals surface area contributed by atoms with E-state index in [0.717, 1.165) is 31.9 Å². The quantitative estimate of drug-likeness (QED) is 0.288. The maximum atomic E-state index is 14.5. The van der Waals surface area contributed by atoms with Crippen LogP contribution >= 0.6 is 0 Å². The molecule has 0 spiro atoms. The Morgan fingerprint density at radius 2 is 1.86 bits per heavy atom. The van der Waals surface area contributed by atoms with Crippen LogP contribution in [-0.4, -0.2) is 32.5 Å². The maximum Gasteiger partial charge on any atom is 0.210 e. The SMILES string of the molecule is C=C(Nc1c(C=N)nc(Nc2c(F)cccc2F)n1C1CC[C@@H](C(C)(C)O)C1)NC1CCCCC1. The summed E-state index contributed by atoms with van der Waals surface area (Å²) in [6.45, 7) is 7.76. The van der Waals surface area contributed by atoms with Gasteiger partial charge in [0.05, 0.1) is 11.4 Å². The van der Waals surface area contributed by atoms with Gasteiger partial charge in [-0.25, -0.2) is 13.8 Å². The first-order valence-corrected chi connectivity index (χ1v) is 12.5. The van der Waals surface area contributed by atoms with Gasteiger partial charge < -0.3 is 26.5 Å². The minimum Gasteiger partial charge on any atom is -0.390 e. The van der Waals surface area contributed by atoms with E-state index >= 15 is 0 Å². The van der Waals surface area contributed by atoms with E-state index in [1.807, 2.05) is 4.57 Å². The summed E-state index contributed by atoms with van der Waals surface area (Å²) in [6.07, 6.45) is 9.11. The average Bonchev–Trinajstić information content (AvgIpc) is 3.42. The fraction of sp³-hybridized carbons (Fsp3) is 0.538. The molecule has 2 aliphatic carbocycles. The number of nitrogens with one attached hydrogen (secondary N) is 4. The van der Waals surface area contributed by atoms with Gasteiger partial charge in [-0.1, -0.05) is 31.9 Å². The third-order valence-corrected chi connectivity index (χ3v) is 7.30. The molecule has 0 radical (unpaired) electrons. The molecule has 1 unspecified atom stereocenters. The smallest absolute Gasteiger partial charge is 0.210 e. The molecule has 0 aliphatic heterocycles. The number of rotatable bonds is 9. The van der Waals surface area contributed by atoms with Crippen molar-refractivity contribution in [2.24, 2.45) is 5.92 Å². The van der Waals surface area contributed by atoms with E-state index in [1.165, 1.54) is 37.5 Å². The second-order valence-corrected chi connectivity index (χ2v) is 10.3. The highest BCUT2D eigenvalue weighted by atomic mass is 19.1. The highest BCUT2D eigenvalue weighted by Gasteiger charge is 2.37. The van der Waals surface area contributed by atoms with Gasteiger partial charge in [-0.15, -0.1) is 0 Å². The van der Waals surface area contributed by atoms with Crippen LogP contribution in [0.25, 0.3) is 0 Å². The summed E-state index contributed by atoms with van der Waals surface area (Å²) < 4.78 is 30.8. The van der Waals surface area contributed by atoms with Gasteiger partial charge >= 0.3 is 0 Å². The molecule has 35 heavy (non-hydrogen) atoms. The molecule has 0 bridgehead atoms. The molecule has 9 heteroatoms.